The average Bonchev–Trinajstić information content (AvgIpc) is 2.55. The number of hydrogen-bond acceptors (Lipinski definition) is 2. The minimum absolute atomic E-state index is 0.614. The van der Waals surface area contributed by atoms with E-state index in [1.807, 2.05) is 0 Å². The van der Waals surface area contributed by atoms with Crippen molar-refractivity contribution in [3.63, 3.8) is 0 Å². The predicted octanol–water partition coefficient (Wildman–Crippen LogP) is 3.44. The normalized spacial score (nSPS) is 19.5. The number of benzene rings is 2. The largest absolute Gasteiger partial charge is 0.309 e. The van der Waals surface area contributed by atoms with Crippen LogP contribution in [0.5, 0.6) is 0 Å². The number of nitrogens with zero attached hydrogens (tertiary/aromatic N) is 1. The van der Waals surface area contributed by atoms with E-state index in [-0.39, 0.29) is 0 Å². The fourth-order valence-electron chi connectivity index (χ4n) is 3.07. The van der Waals surface area contributed by atoms with Gasteiger partial charge in [0, 0.05) is 25.7 Å². The van der Waals surface area contributed by atoms with E-state index in [1.165, 1.54) is 30.5 Å². The number of likely N-dealkylation sites (tertiary alicyclic amines) is 1. The van der Waals surface area contributed by atoms with Crippen LogP contribution in [0.3, 0.4) is 0 Å². The molecule has 0 saturated carbocycles. The summed E-state index contributed by atoms with van der Waals surface area (Å²) in [7, 11) is 0. The van der Waals surface area contributed by atoms with E-state index in [4.69, 9.17) is 0 Å². The van der Waals surface area contributed by atoms with Crippen molar-refractivity contribution in [2.75, 3.05) is 13.1 Å². The quantitative estimate of drug-likeness (QED) is 0.902. The van der Waals surface area contributed by atoms with Crippen molar-refractivity contribution in [3.8, 4) is 0 Å². The van der Waals surface area contributed by atoms with Crippen molar-refractivity contribution in [1.29, 1.82) is 0 Å². The molecule has 1 atom stereocenters. The van der Waals surface area contributed by atoms with Crippen LogP contribution in [0.15, 0.2) is 60.7 Å². The van der Waals surface area contributed by atoms with Crippen LogP contribution in [0.25, 0.3) is 0 Å². The minimum Gasteiger partial charge on any atom is -0.309 e. The van der Waals surface area contributed by atoms with E-state index < -0.39 is 0 Å². The maximum absolute atomic E-state index is 3.71. The van der Waals surface area contributed by atoms with E-state index in [9.17, 15) is 0 Å². The Morgan fingerprint density at radius 3 is 2.29 bits per heavy atom. The van der Waals surface area contributed by atoms with Gasteiger partial charge in [-0.15, -0.1) is 0 Å². The van der Waals surface area contributed by atoms with Gasteiger partial charge in [-0.05, 0) is 30.5 Å². The highest BCUT2D eigenvalue weighted by Gasteiger charge is 2.19. The summed E-state index contributed by atoms with van der Waals surface area (Å²) in [4.78, 5) is 2.57. The van der Waals surface area contributed by atoms with Crippen LogP contribution >= 0.6 is 0 Å². The molecule has 0 aliphatic carbocycles. The minimum atomic E-state index is 0.614. The molecule has 0 radical (unpaired) electrons. The second kappa shape index (κ2) is 7.39. The van der Waals surface area contributed by atoms with Gasteiger partial charge in [0.2, 0.25) is 0 Å². The van der Waals surface area contributed by atoms with E-state index in [1.54, 1.807) is 0 Å². The fourth-order valence-corrected chi connectivity index (χ4v) is 3.07. The fraction of sp³-hybridized carbons (Fsp3) is 0.368. The van der Waals surface area contributed by atoms with Crippen molar-refractivity contribution in [3.05, 3.63) is 71.8 Å². The summed E-state index contributed by atoms with van der Waals surface area (Å²) in [6, 6.07) is 22.1. The number of rotatable bonds is 5. The molecule has 1 N–H and O–H groups in total. The molecule has 2 aromatic carbocycles. The first-order valence-corrected chi connectivity index (χ1v) is 7.94. The molecule has 1 heterocycles. The Hall–Kier alpha value is -1.64. The zero-order valence-corrected chi connectivity index (χ0v) is 12.5. The lowest BCUT2D eigenvalue weighted by Gasteiger charge is -2.33. The molecule has 2 aromatic rings. The standard InChI is InChI=1S/C19H24N2/c1-3-8-17(9-4-1)14-20-19-12-7-13-21(16-19)15-18-10-5-2-6-11-18/h1-6,8-11,19-20H,7,12-16H2. The van der Waals surface area contributed by atoms with Crippen LogP contribution in [0.4, 0.5) is 0 Å². The topological polar surface area (TPSA) is 15.3 Å². The highest BCUT2D eigenvalue weighted by molar-refractivity contribution is 5.15. The van der Waals surface area contributed by atoms with Gasteiger partial charge in [-0.2, -0.15) is 0 Å². The summed E-state index contributed by atoms with van der Waals surface area (Å²) in [6.45, 7) is 4.43. The second-order valence-electron chi connectivity index (χ2n) is 5.93. The highest BCUT2D eigenvalue weighted by Crippen LogP contribution is 2.14. The Bertz CT molecular complexity index is 524. The van der Waals surface area contributed by atoms with E-state index in [0.717, 1.165) is 19.6 Å². The Morgan fingerprint density at radius 1 is 0.905 bits per heavy atom. The molecule has 3 rings (SSSR count). The molecule has 2 nitrogen and oxygen atoms in total. The van der Waals surface area contributed by atoms with Crippen LogP contribution < -0.4 is 5.32 Å². The molecule has 2 heteroatoms. The Labute approximate surface area is 127 Å². The van der Waals surface area contributed by atoms with Crippen molar-refractivity contribution in [2.24, 2.45) is 0 Å². The Morgan fingerprint density at radius 2 is 1.57 bits per heavy atom. The van der Waals surface area contributed by atoms with Gasteiger partial charge in [-0.1, -0.05) is 60.7 Å². The summed E-state index contributed by atoms with van der Waals surface area (Å²) < 4.78 is 0. The lowest BCUT2D eigenvalue weighted by molar-refractivity contribution is 0.182. The van der Waals surface area contributed by atoms with Gasteiger partial charge in [0.05, 0.1) is 0 Å². The molecule has 1 unspecified atom stereocenters. The Kier molecular flexibility index (Phi) is 5.03. The van der Waals surface area contributed by atoms with Crippen LogP contribution in [-0.4, -0.2) is 24.0 Å². The Balaban J connectivity index is 1.49. The van der Waals surface area contributed by atoms with E-state index in [0.29, 0.717) is 6.04 Å². The van der Waals surface area contributed by atoms with E-state index >= 15 is 0 Å². The SMILES string of the molecule is c1ccc(CNC2CCCN(Cc3ccccc3)C2)cc1. The summed E-state index contributed by atoms with van der Waals surface area (Å²) in [6.07, 6.45) is 2.58. The average molecular weight is 280 g/mol. The number of hydrogen-bond donors (Lipinski definition) is 1. The first-order valence-electron chi connectivity index (χ1n) is 7.94. The molecule has 1 aliphatic rings. The number of piperidine rings is 1. The molecule has 1 aliphatic heterocycles. The lowest BCUT2D eigenvalue weighted by Crippen LogP contribution is -2.44. The van der Waals surface area contributed by atoms with Crippen molar-refractivity contribution in [2.45, 2.75) is 32.0 Å². The molecule has 0 spiro atoms. The third kappa shape index (κ3) is 4.42. The molecule has 21 heavy (non-hydrogen) atoms. The number of nitrogens with one attached hydrogen (secondary N) is 1. The molecule has 110 valence electrons. The summed E-state index contributed by atoms with van der Waals surface area (Å²) >= 11 is 0. The van der Waals surface area contributed by atoms with Crippen LogP contribution in [0, 0.1) is 0 Å². The molecule has 1 fully saturated rings. The van der Waals surface area contributed by atoms with Gasteiger partial charge < -0.3 is 5.32 Å². The first kappa shape index (κ1) is 14.3. The van der Waals surface area contributed by atoms with Crippen LogP contribution in [-0.2, 0) is 13.1 Å². The zero-order valence-electron chi connectivity index (χ0n) is 12.5. The molecule has 0 amide bonds. The third-order valence-corrected chi connectivity index (χ3v) is 4.19. The summed E-state index contributed by atoms with van der Waals surface area (Å²) in [5.41, 5.74) is 2.79. The van der Waals surface area contributed by atoms with Gasteiger partial charge in [-0.3, -0.25) is 4.90 Å². The van der Waals surface area contributed by atoms with Crippen LogP contribution in [0.2, 0.25) is 0 Å². The van der Waals surface area contributed by atoms with Crippen molar-refractivity contribution >= 4 is 0 Å². The lowest BCUT2D eigenvalue weighted by atomic mass is 10.0. The maximum Gasteiger partial charge on any atom is 0.0234 e. The molecule has 0 bridgehead atoms. The molecule has 1 saturated heterocycles. The van der Waals surface area contributed by atoms with Crippen molar-refractivity contribution in [1.82, 2.24) is 10.2 Å². The first-order chi connectivity index (χ1) is 10.4. The van der Waals surface area contributed by atoms with Crippen LogP contribution in [0.1, 0.15) is 24.0 Å². The monoisotopic (exact) mass is 280 g/mol. The zero-order chi connectivity index (χ0) is 14.3. The summed E-state index contributed by atoms with van der Waals surface area (Å²) in [5, 5.41) is 3.71. The predicted molar refractivity (Wildman–Crippen MR) is 88.0 cm³/mol. The van der Waals surface area contributed by atoms with E-state index in [2.05, 4.69) is 70.9 Å². The molecular weight excluding hydrogens is 256 g/mol. The van der Waals surface area contributed by atoms with Crippen molar-refractivity contribution < 1.29 is 0 Å². The molecular formula is C19H24N2. The smallest absolute Gasteiger partial charge is 0.0234 e. The maximum atomic E-state index is 3.71. The van der Waals surface area contributed by atoms with Gasteiger partial charge in [0.1, 0.15) is 0 Å². The van der Waals surface area contributed by atoms with Gasteiger partial charge in [0.25, 0.3) is 0 Å². The van der Waals surface area contributed by atoms with Gasteiger partial charge >= 0.3 is 0 Å². The van der Waals surface area contributed by atoms with Gasteiger partial charge in [-0.25, -0.2) is 0 Å². The highest BCUT2D eigenvalue weighted by atomic mass is 15.2. The molecule has 0 aromatic heterocycles. The summed E-state index contributed by atoms with van der Waals surface area (Å²) in [5.74, 6) is 0. The second-order valence-corrected chi connectivity index (χ2v) is 5.93. The van der Waals surface area contributed by atoms with Gasteiger partial charge in [0.15, 0.2) is 0 Å². The third-order valence-electron chi connectivity index (χ3n) is 4.19.